The van der Waals surface area contributed by atoms with Crippen molar-refractivity contribution in [3.8, 4) is 23.0 Å². The molecule has 0 saturated heterocycles. The van der Waals surface area contributed by atoms with E-state index in [2.05, 4.69) is 6.92 Å². The zero-order valence-corrected chi connectivity index (χ0v) is 25.1. The van der Waals surface area contributed by atoms with E-state index in [0.717, 1.165) is 43.2 Å². The first-order valence-electron chi connectivity index (χ1n) is 14.9. The quantitative estimate of drug-likeness (QED) is 0.137. The topological polar surface area (TPSA) is 108 Å². The Bertz CT molecular complexity index is 1230. The summed E-state index contributed by atoms with van der Waals surface area (Å²) in [6, 6.07) is 5.22. The van der Waals surface area contributed by atoms with E-state index in [4.69, 9.17) is 18.9 Å². The number of ether oxygens (including phenoxy) is 4. The zero-order chi connectivity index (χ0) is 29.9. The van der Waals surface area contributed by atoms with Gasteiger partial charge in [-0.05, 0) is 89.5 Å². The van der Waals surface area contributed by atoms with Gasteiger partial charge in [0.15, 0.2) is 17.7 Å². The fraction of sp³-hybridized carbons (Fsp3) is 0.545. The van der Waals surface area contributed by atoms with Crippen LogP contribution in [0.3, 0.4) is 0 Å². The van der Waals surface area contributed by atoms with Crippen LogP contribution in [0.2, 0.25) is 0 Å². The number of aryl methyl sites for hydroxylation is 1. The van der Waals surface area contributed by atoms with Crippen LogP contribution in [0.15, 0.2) is 18.2 Å². The largest absolute Gasteiger partial charge is 0.507 e. The Labute approximate surface area is 243 Å². The van der Waals surface area contributed by atoms with Gasteiger partial charge in [-0.1, -0.05) is 26.7 Å². The number of phenols is 1. The lowest BCUT2D eigenvalue weighted by Gasteiger charge is -2.29. The molecule has 1 unspecified atom stereocenters. The maximum atomic E-state index is 12.6. The molecule has 1 heterocycles. The van der Waals surface area contributed by atoms with E-state index in [-0.39, 0.29) is 23.3 Å². The lowest BCUT2D eigenvalue weighted by atomic mass is 9.92. The number of ketones is 2. The number of hydrogen-bond donors (Lipinski definition) is 1. The van der Waals surface area contributed by atoms with Crippen molar-refractivity contribution in [3.05, 3.63) is 46.0 Å². The smallest absolute Gasteiger partial charge is 0.347 e. The molecule has 1 atom stereocenters. The van der Waals surface area contributed by atoms with Crippen LogP contribution < -0.4 is 14.2 Å². The van der Waals surface area contributed by atoms with Crippen LogP contribution in [-0.4, -0.2) is 48.6 Å². The van der Waals surface area contributed by atoms with Crippen molar-refractivity contribution in [2.24, 2.45) is 0 Å². The minimum absolute atomic E-state index is 0.0111. The molecule has 1 aliphatic heterocycles. The van der Waals surface area contributed by atoms with E-state index in [1.165, 1.54) is 6.92 Å². The van der Waals surface area contributed by atoms with E-state index < -0.39 is 6.10 Å². The number of benzene rings is 2. The molecule has 224 valence electrons. The molecule has 2 aromatic rings. The fourth-order valence-corrected chi connectivity index (χ4v) is 5.16. The van der Waals surface area contributed by atoms with Crippen molar-refractivity contribution < 1.29 is 38.4 Å². The zero-order valence-electron chi connectivity index (χ0n) is 25.1. The Morgan fingerprint density at radius 2 is 1.56 bits per heavy atom. The summed E-state index contributed by atoms with van der Waals surface area (Å²) in [5.41, 5.74) is 3.29. The first kappa shape index (κ1) is 32.0. The summed E-state index contributed by atoms with van der Waals surface area (Å²) in [5, 5.41) is 10.5. The van der Waals surface area contributed by atoms with Gasteiger partial charge < -0.3 is 24.1 Å². The Kier molecular flexibility index (Phi) is 12.0. The number of unbranched alkanes of at least 4 members (excludes halogenated alkanes) is 2. The molecule has 1 aliphatic rings. The summed E-state index contributed by atoms with van der Waals surface area (Å²) in [6.45, 7) is 10.0. The number of rotatable bonds is 16. The van der Waals surface area contributed by atoms with Crippen LogP contribution in [0.25, 0.3) is 0 Å². The first-order valence-corrected chi connectivity index (χ1v) is 14.9. The Morgan fingerprint density at radius 3 is 2.20 bits per heavy atom. The van der Waals surface area contributed by atoms with Crippen molar-refractivity contribution in [3.63, 3.8) is 0 Å². The molecule has 1 N–H and O–H groups in total. The van der Waals surface area contributed by atoms with E-state index in [1.54, 1.807) is 26.0 Å². The molecule has 0 aromatic heterocycles. The monoisotopic (exact) mass is 568 g/mol. The predicted molar refractivity (Wildman–Crippen MR) is 157 cm³/mol. The van der Waals surface area contributed by atoms with Gasteiger partial charge in [0.25, 0.3) is 0 Å². The maximum Gasteiger partial charge on any atom is 0.347 e. The second kappa shape index (κ2) is 15.5. The standard InChI is InChI=1S/C33H44O8/c1-6-12-25-28(17-15-24(21(4)34)30(25)36)39-18-10-9-11-19-40-32-26(13-7-2)31-23(20-27(32)22(5)35)14-16-29(41-31)33(37)38-8-3/h15,17,20,29,36H,6-14,16,18-19H2,1-5H3. The van der Waals surface area contributed by atoms with Gasteiger partial charge in [0, 0.05) is 11.1 Å². The van der Waals surface area contributed by atoms with Crippen LogP contribution in [0.1, 0.15) is 111 Å². The minimum Gasteiger partial charge on any atom is -0.507 e. The highest BCUT2D eigenvalue weighted by molar-refractivity contribution is 5.98. The van der Waals surface area contributed by atoms with Gasteiger partial charge in [0.1, 0.15) is 23.0 Å². The molecule has 8 nitrogen and oxygen atoms in total. The second-order valence-electron chi connectivity index (χ2n) is 10.4. The average Bonchev–Trinajstić information content (AvgIpc) is 2.94. The van der Waals surface area contributed by atoms with E-state index in [9.17, 15) is 19.5 Å². The first-order chi connectivity index (χ1) is 19.7. The van der Waals surface area contributed by atoms with Crippen molar-refractivity contribution in [2.75, 3.05) is 19.8 Å². The molecule has 8 heteroatoms. The summed E-state index contributed by atoms with van der Waals surface area (Å²) in [4.78, 5) is 36.7. The van der Waals surface area contributed by atoms with Gasteiger partial charge >= 0.3 is 5.97 Å². The van der Waals surface area contributed by atoms with Gasteiger partial charge in [0.2, 0.25) is 0 Å². The number of carbonyl (C=O) groups excluding carboxylic acids is 3. The van der Waals surface area contributed by atoms with E-state index in [1.807, 2.05) is 13.0 Å². The number of hydrogen-bond acceptors (Lipinski definition) is 8. The molecule has 0 radical (unpaired) electrons. The molecule has 0 fully saturated rings. The summed E-state index contributed by atoms with van der Waals surface area (Å²) in [6.07, 6.45) is 5.80. The van der Waals surface area contributed by atoms with Gasteiger partial charge in [-0.3, -0.25) is 9.59 Å². The van der Waals surface area contributed by atoms with Crippen LogP contribution in [0, 0.1) is 0 Å². The van der Waals surface area contributed by atoms with Crippen molar-refractivity contribution in [1.29, 1.82) is 0 Å². The van der Waals surface area contributed by atoms with Crippen LogP contribution in [0.4, 0.5) is 0 Å². The van der Waals surface area contributed by atoms with Gasteiger partial charge in [-0.2, -0.15) is 0 Å². The third-order valence-electron chi connectivity index (χ3n) is 7.18. The molecule has 0 spiro atoms. The van der Waals surface area contributed by atoms with Gasteiger partial charge in [-0.25, -0.2) is 4.79 Å². The molecule has 0 amide bonds. The Morgan fingerprint density at radius 1 is 0.902 bits per heavy atom. The van der Waals surface area contributed by atoms with Crippen LogP contribution in [-0.2, 0) is 28.8 Å². The number of aromatic hydroxyl groups is 1. The number of esters is 1. The van der Waals surface area contributed by atoms with E-state index >= 15 is 0 Å². The minimum atomic E-state index is -0.660. The molecular weight excluding hydrogens is 524 g/mol. The molecule has 3 rings (SSSR count). The van der Waals surface area contributed by atoms with E-state index in [0.29, 0.717) is 79.4 Å². The van der Waals surface area contributed by atoms with Crippen LogP contribution >= 0.6 is 0 Å². The third kappa shape index (κ3) is 8.02. The fourth-order valence-electron chi connectivity index (χ4n) is 5.16. The normalized spacial score (nSPS) is 14.1. The Hall–Kier alpha value is -3.55. The lowest BCUT2D eigenvalue weighted by Crippen LogP contribution is -2.33. The molecule has 0 aliphatic carbocycles. The van der Waals surface area contributed by atoms with Crippen molar-refractivity contribution >= 4 is 17.5 Å². The lowest BCUT2D eigenvalue weighted by molar-refractivity contribution is -0.152. The number of phenolic OH excluding ortho intramolecular Hbond substituents is 1. The molecule has 0 saturated carbocycles. The number of Topliss-reactive ketones (excluding diaryl/α,β-unsaturated/α-hetero) is 2. The third-order valence-corrected chi connectivity index (χ3v) is 7.18. The van der Waals surface area contributed by atoms with Crippen LogP contribution in [0.5, 0.6) is 23.0 Å². The van der Waals surface area contributed by atoms with Gasteiger partial charge in [-0.15, -0.1) is 0 Å². The summed E-state index contributed by atoms with van der Waals surface area (Å²) < 4.78 is 23.5. The average molecular weight is 569 g/mol. The maximum absolute atomic E-state index is 12.6. The highest BCUT2D eigenvalue weighted by Crippen LogP contribution is 2.41. The molecule has 0 bridgehead atoms. The summed E-state index contributed by atoms with van der Waals surface area (Å²) >= 11 is 0. The van der Waals surface area contributed by atoms with Crippen molar-refractivity contribution in [1.82, 2.24) is 0 Å². The molecule has 41 heavy (non-hydrogen) atoms. The summed E-state index contributed by atoms with van der Waals surface area (Å²) in [7, 11) is 0. The Balaban J connectivity index is 1.63. The highest BCUT2D eigenvalue weighted by Gasteiger charge is 2.32. The molecule has 2 aromatic carbocycles. The van der Waals surface area contributed by atoms with Gasteiger partial charge in [0.05, 0.1) is 30.9 Å². The number of carbonyl (C=O) groups is 3. The van der Waals surface area contributed by atoms with Crippen molar-refractivity contribution in [2.45, 2.75) is 98.5 Å². The number of fused-ring (bicyclic) bond motifs is 1. The summed E-state index contributed by atoms with van der Waals surface area (Å²) in [5.74, 6) is 1.20. The highest BCUT2D eigenvalue weighted by atomic mass is 16.6. The second-order valence-corrected chi connectivity index (χ2v) is 10.4. The molecular formula is C33H44O8. The predicted octanol–water partition coefficient (Wildman–Crippen LogP) is 6.59. The SMILES string of the molecule is CCCc1c(OCCCCCOc2c(C(C)=O)cc3c(c2CCC)OC(C(=O)OCC)CC3)ccc(C(C)=O)c1O.